The molecule has 0 aliphatic carbocycles. The Balaban J connectivity index is 2.84. The molecular formula is C7H4O6P-3. The summed E-state index contributed by atoms with van der Waals surface area (Å²) < 4.78 is 14.1. The molecule has 0 aliphatic heterocycles. The molecule has 76 valence electrons. The highest BCUT2D eigenvalue weighted by atomic mass is 31.2. The number of carbonyl (C=O) groups excluding carboxylic acids is 1. The average molecular weight is 215 g/mol. The van der Waals surface area contributed by atoms with Crippen molar-refractivity contribution in [2.75, 3.05) is 0 Å². The van der Waals surface area contributed by atoms with Crippen molar-refractivity contribution in [2.24, 2.45) is 0 Å². The molecule has 0 saturated heterocycles. The maximum atomic E-state index is 10.3. The zero-order valence-electron chi connectivity index (χ0n) is 6.71. The van der Waals surface area contributed by atoms with Crippen LogP contribution in [0.5, 0.6) is 5.75 Å². The summed E-state index contributed by atoms with van der Waals surface area (Å²) >= 11 is 0. The number of carboxylic acid groups (broad SMARTS) is 1. The molecule has 0 N–H and O–H groups in total. The van der Waals surface area contributed by atoms with Crippen molar-refractivity contribution >= 4 is 13.8 Å². The van der Waals surface area contributed by atoms with E-state index in [-0.39, 0.29) is 11.3 Å². The minimum Gasteiger partial charge on any atom is -0.780 e. The Morgan fingerprint density at radius 1 is 1.21 bits per heavy atom. The number of carboxylic acids is 1. The Bertz CT molecular complexity index is 378. The SMILES string of the molecule is O=C([O-])c1ccc(OP(=O)([O-])[O-])cc1. The van der Waals surface area contributed by atoms with E-state index >= 15 is 0 Å². The summed E-state index contributed by atoms with van der Waals surface area (Å²) in [6.07, 6.45) is 0. The van der Waals surface area contributed by atoms with Crippen molar-refractivity contribution in [2.45, 2.75) is 0 Å². The number of phosphoric acid groups is 1. The maximum Gasteiger partial charge on any atom is 0.124 e. The standard InChI is InChI=1S/C7H7O6P/c8-7(9)5-1-3-6(4-2-5)13-14(10,11)12/h1-4H,(H,8,9)(H2,10,11,12)/p-3. The Kier molecular flexibility index (Phi) is 2.90. The average Bonchev–Trinajstić information content (AvgIpc) is 2.02. The summed E-state index contributed by atoms with van der Waals surface area (Å²) in [5.41, 5.74) is -0.135. The van der Waals surface area contributed by atoms with Gasteiger partial charge in [-0.3, -0.25) is 0 Å². The van der Waals surface area contributed by atoms with Crippen molar-refractivity contribution < 1.29 is 28.8 Å². The van der Waals surface area contributed by atoms with Crippen LogP contribution in [0.1, 0.15) is 10.4 Å². The third kappa shape index (κ3) is 3.18. The topological polar surface area (TPSA) is 113 Å². The van der Waals surface area contributed by atoms with Gasteiger partial charge in [-0.1, -0.05) is 0 Å². The normalized spacial score (nSPS) is 11.0. The zero-order valence-corrected chi connectivity index (χ0v) is 7.60. The fraction of sp³-hybridized carbons (Fsp3) is 0. The van der Waals surface area contributed by atoms with Crippen LogP contribution >= 0.6 is 7.82 Å². The minimum atomic E-state index is -5.09. The fourth-order valence-electron chi connectivity index (χ4n) is 0.781. The molecule has 0 bridgehead atoms. The first-order valence-electron chi connectivity index (χ1n) is 3.41. The van der Waals surface area contributed by atoms with E-state index in [1.54, 1.807) is 0 Å². The summed E-state index contributed by atoms with van der Waals surface area (Å²) in [5, 5.41) is 10.3. The molecule has 1 rings (SSSR count). The number of rotatable bonds is 3. The summed E-state index contributed by atoms with van der Waals surface area (Å²) in [4.78, 5) is 30.5. The number of hydrogen-bond acceptors (Lipinski definition) is 6. The molecule has 0 amide bonds. The second kappa shape index (κ2) is 3.79. The third-order valence-electron chi connectivity index (χ3n) is 1.31. The smallest absolute Gasteiger partial charge is 0.124 e. The van der Waals surface area contributed by atoms with Gasteiger partial charge in [0.05, 0.1) is 5.97 Å². The van der Waals surface area contributed by atoms with E-state index in [0.717, 1.165) is 24.3 Å². The van der Waals surface area contributed by atoms with Crippen LogP contribution in [0.3, 0.4) is 0 Å². The van der Waals surface area contributed by atoms with Gasteiger partial charge in [-0.05, 0) is 29.8 Å². The van der Waals surface area contributed by atoms with Gasteiger partial charge in [0.25, 0.3) is 0 Å². The van der Waals surface area contributed by atoms with Crippen LogP contribution in [0, 0.1) is 0 Å². The van der Waals surface area contributed by atoms with Gasteiger partial charge in [0.1, 0.15) is 13.6 Å². The molecule has 0 radical (unpaired) electrons. The molecule has 0 atom stereocenters. The minimum absolute atomic E-state index is 0.135. The lowest BCUT2D eigenvalue weighted by Crippen LogP contribution is -2.22. The third-order valence-corrected chi connectivity index (χ3v) is 1.74. The van der Waals surface area contributed by atoms with E-state index in [9.17, 15) is 24.3 Å². The largest absolute Gasteiger partial charge is 0.780 e. The molecule has 1 aromatic rings. The molecule has 1 aromatic carbocycles. The number of carbonyl (C=O) groups is 1. The van der Waals surface area contributed by atoms with Gasteiger partial charge in [0.2, 0.25) is 0 Å². The van der Waals surface area contributed by atoms with E-state index < -0.39 is 13.8 Å². The first kappa shape index (κ1) is 10.7. The number of aromatic carboxylic acids is 1. The Labute approximate surface area is 79.0 Å². The summed E-state index contributed by atoms with van der Waals surface area (Å²) in [6, 6.07) is 4.24. The van der Waals surface area contributed by atoms with Gasteiger partial charge in [-0.25, -0.2) is 0 Å². The highest BCUT2D eigenvalue weighted by Gasteiger charge is 1.97. The van der Waals surface area contributed by atoms with Gasteiger partial charge < -0.3 is 28.8 Å². The lowest BCUT2D eigenvalue weighted by Gasteiger charge is -2.28. The van der Waals surface area contributed by atoms with Crippen LogP contribution < -0.4 is 19.4 Å². The molecule has 0 fully saturated rings. The second-order valence-electron chi connectivity index (χ2n) is 2.35. The Morgan fingerprint density at radius 2 is 1.71 bits per heavy atom. The second-order valence-corrected chi connectivity index (χ2v) is 3.43. The number of hydrogen-bond donors (Lipinski definition) is 0. The zero-order chi connectivity index (χ0) is 10.8. The Hall–Kier alpha value is -1.36. The molecular weight excluding hydrogens is 211 g/mol. The quantitative estimate of drug-likeness (QED) is 0.553. The van der Waals surface area contributed by atoms with Crippen LogP contribution in [-0.2, 0) is 4.57 Å². The van der Waals surface area contributed by atoms with E-state index in [0.29, 0.717) is 0 Å². The highest BCUT2D eigenvalue weighted by molar-refractivity contribution is 7.43. The molecule has 0 unspecified atom stereocenters. The lowest BCUT2D eigenvalue weighted by atomic mass is 10.2. The van der Waals surface area contributed by atoms with Crippen molar-refractivity contribution in [1.29, 1.82) is 0 Å². The van der Waals surface area contributed by atoms with Crippen LogP contribution in [0.4, 0.5) is 0 Å². The van der Waals surface area contributed by atoms with Gasteiger partial charge >= 0.3 is 0 Å². The van der Waals surface area contributed by atoms with Crippen molar-refractivity contribution in [3.63, 3.8) is 0 Å². The molecule has 7 heteroatoms. The van der Waals surface area contributed by atoms with Crippen LogP contribution in [0.2, 0.25) is 0 Å². The van der Waals surface area contributed by atoms with Crippen LogP contribution in [-0.4, -0.2) is 5.97 Å². The van der Waals surface area contributed by atoms with Crippen molar-refractivity contribution in [3.05, 3.63) is 29.8 Å². The van der Waals surface area contributed by atoms with E-state index in [1.165, 1.54) is 0 Å². The molecule has 6 nitrogen and oxygen atoms in total. The van der Waals surface area contributed by atoms with Crippen molar-refractivity contribution in [1.82, 2.24) is 0 Å². The first-order valence-corrected chi connectivity index (χ1v) is 4.87. The molecule has 0 aromatic heterocycles. The lowest BCUT2D eigenvalue weighted by molar-refractivity contribution is -0.333. The van der Waals surface area contributed by atoms with Crippen molar-refractivity contribution in [3.8, 4) is 5.75 Å². The van der Waals surface area contributed by atoms with Gasteiger partial charge in [0.15, 0.2) is 0 Å². The van der Waals surface area contributed by atoms with E-state index in [2.05, 4.69) is 4.52 Å². The van der Waals surface area contributed by atoms with E-state index in [1.807, 2.05) is 0 Å². The predicted molar refractivity (Wildman–Crippen MR) is 39.0 cm³/mol. The number of benzene rings is 1. The summed E-state index contributed by atoms with van der Waals surface area (Å²) in [6.45, 7) is 0. The highest BCUT2D eigenvalue weighted by Crippen LogP contribution is 2.28. The fourth-order valence-corrected chi connectivity index (χ4v) is 1.16. The van der Waals surface area contributed by atoms with Crippen LogP contribution in [0.15, 0.2) is 24.3 Å². The first-order chi connectivity index (χ1) is 6.38. The number of phosphoric ester groups is 1. The monoisotopic (exact) mass is 215 g/mol. The maximum absolute atomic E-state index is 10.3. The predicted octanol–water partition coefficient (Wildman–Crippen LogP) is -1.74. The van der Waals surface area contributed by atoms with Gasteiger partial charge in [0, 0.05) is 0 Å². The van der Waals surface area contributed by atoms with Gasteiger partial charge in [-0.2, -0.15) is 0 Å². The molecule has 0 heterocycles. The molecule has 0 saturated carbocycles. The molecule has 0 spiro atoms. The van der Waals surface area contributed by atoms with E-state index in [4.69, 9.17) is 0 Å². The molecule has 0 aliphatic rings. The Morgan fingerprint density at radius 3 is 2.07 bits per heavy atom. The molecule has 14 heavy (non-hydrogen) atoms. The summed E-state index contributed by atoms with van der Waals surface area (Å²) in [7, 11) is -5.09. The van der Waals surface area contributed by atoms with Crippen LogP contribution in [0.25, 0.3) is 0 Å². The summed E-state index contributed by atoms with van der Waals surface area (Å²) in [5.74, 6) is -1.63. The van der Waals surface area contributed by atoms with Gasteiger partial charge in [-0.15, -0.1) is 0 Å².